The lowest BCUT2D eigenvalue weighted by molar-refractivity contribution is 0.531. The molecule has 0 bridgehead atoms. The first-order chi connectivity index (χ1) is 6.22. The second kappa shape index (κ2) is 4.91. The molecule has 5 heteroatoms. The van der Waals surface area contributed by atoms with Gasteiger partial charge in [0.1, 0.15) is 0 Å². The molecule has 0 spiro atoms. The first-order valence-electron chi connectivity index (χ1n) is 4.68. The molecule has 0 saturated heterocycles. The van der Waals surface area contributed by atoms with Crippen LogP contribution in [0.15, 0.2) is 0 Å². The molecule has 13 heavy (non-hydrogen) atoms. The van der Waals surface area contributed by atoms with Gasteiger partial charge in [0, 0.05) is 12.5 Å². The van der Waals surface area contributed by atoms with Gasteiger partial charge in [-0.05, 0) is 25.1 Å². The standard InChI is InChI=1S/C8H17N5/c1-4-5-9-7(2)6-8-10-12-13(3)11-8/h7,9H,4-6H2,1-3H3. The minimum absolute atomic E-state index is 0.421. The van der Waals surface area contributed by atoms with E-state index in [0.717, 1.165) is 25.2 Å². The van der Waals surface area contributed by atoms with Crippen molar-refractivity contribution in [3.8, 4) is 0 Å². The SMILES string of the molecule is CCCNC(C)Cc1nnn(C)n1. The van der Waals surface area contributed by atoms with Crippen molar-refractivity contribution in [2.24, 2.45) is 7.05 Å². The van der Waals surface area contributed by atoms with Gasteiger partial charge < -0.3 is 5.32 Å². The van der Waals surface area contributed by atoms with Gasteiger partial charge in [-0.15, -0.1) is 10.2 Å². The molecule has 0 radical (unpaired) electrons. The highest BCUT2D eigenvalue weighted by Crippen LogP contribution is 1.93. The highest BCUT2D eigenvalue weighted by molar-refractivity contribution is 4.82. The zero-order valence-corrected chi connectivity index (χ0v) is 8.49. The molecule has 1 heterocycles. The monoisotopic (exact) mass is 183 g/mol. The average Bonchev–Trinajstić information content (AvgIpc) is 2.48. The Morgan fingerprint density at radius 3 is 2.85 bits per heavy atom. The number of aryl methyl sites for hydroxylation is 1. The van der Waals surface area contributed by atoms with Crippen molar-refractivity contribution in [2.75, 3.05) is 6.54 Å². The van der Waals surface area contributed by atoms with E-state index in [1.165, 1.54) is 4.80 Å². The van der Waals surface area contributed by atoms with Gasteiger partial charge in [-0.25, -0.2) is 0 Å². The van der Waals surface area contributed by atoms with E-state index in [1.54, 1.807) is 7.05 Å². The van der Waals surface area contributed by atoms with Crippen LogP contribution in [0.3, 0.4) is 0 Å². The number of nitrogens with one attached hydrogen (secondary N) is 1. The van der Waals surface area contributed by atoms with Crippen LogP contribution in [0.2, 0.25) is 0 Å². The van der Waals surface area contributed by atoms with Gasteiger partial charge in [0.15, 0.2) is 5.82 Å². The molecule has 74 valence electrons. The largest absolute Gasteiger partial charge is 0.314 e. The minimum Gasteiger partial charge on any atom is -0.314 e. The molecule has 1 rings (SSSR count). The summed E-state index contributed by atoms with van der Waals surface area (Å²) in [7, 11) is 1.78. The summed E-state index contributed by atoms with van der Waals surface area (Å²) in [5.74, 6) is 0.804. The van der Waals surface area contributed by atoms with Crippen LogP contribution < -0.4 is 5.32 Å². The summed E-state index contributed by atoms with van der Waals surface area (Å²) >= 11 is 0. The highest BCUT2D eigenvalue weighted by Gasteiger charge is 2.06. The van der Waals surface area contributed by atoms with Crippen molar-refractivity contribution in [2.45, 2.75) is 32.7 Å². The van der Waals surface area contributed by atoms with Crippen molar-refractivity contribution < 1.29 is 0 Å². The number of rotatable bonds is 5. The third-order valence-corrected chi connectivity index (χ3v) is 1.78. The second-order valence-corrected chi connectivity index (χ2v) is 3.25. The Morgan fingerprint density at radius 1 is 1.54 bits per heavy atom. The van der Waals surface area contributed by atoms with Crippen molar-refractivity contribution in [3.63, 3.8) is 0 Å². The predicted molar refractivity (Wildman–Crippen MR) is 50.3 cm³/mol. The topological polar surface area (TPSA) is 55.6 Å². The van der Waals surface area contributed by atoms with Gasteiger partial charge in [-0.2, -0.15) is 4.80 Å². The van der Waals surface area contributed by atoms with E-state index in [0.29, 0.717) is 6.04 Å². The van der Waals surface area contributed by atoms with Crippen molar-refractivity contribution in [3.05, 3.63) is 5.82 Å². The van der Waals surface area contributed by atoms with E-state index in [2.05, 4.69) is 34.6 Å². The summed E-state index contributed by atoms with van der Waals surface area (Å²) in [6.07, 6.45) is 1.99. The third kappa shape index (κ3) is 3.50. The van der Waals surface area contributed by atoms with Crippen molar-refractivity contribution in [1.29, 1.82) is 0 Å². The van der Waals surface area contributed by atoms with Crippen LogP contribution in [0.4, 0.5) is 0 Å². The molecule has 1 N–H and O–H groups in total. The Morgan fingerprint density at radius 2 is 2.31 bits per heavy atom. The minimum atomic E-state index is 0.421. The molecular formula is C8H17N5. The first kappa shape index (κ1) is 10.1. The number of nitrogens with zero attached hydrogens (tertiary/aromatic N) is 4. The fourth-order valence-electron chi connectivity index (χ4n) is 1.14. The van der Waals surface area contributed by atoms with E-state index in [1.807, 2.05) is 0 Å². The molecule has 0 aliphatic carbocycles. The molecule has 5 nitrogen and oxygen atoms in total. The summed E-state index contributed by atoms with van der Waals surface area (Å²) in [6.45, 7) is 5.33. The average molecular weight is 183 g/mol. The van der Waals surface area contributed by atoms with Crippen molar-refractivity contribution >= 4 is 0 Å². The van der Waals surface area contributed by atoms with Crippen molar-refractivity contribution in [1.82, 2.24) is 25.5 Å². The molecule has 1 unspecified atom stereocenters. The third-order valence-electron chi connectivity index (χ3n) is 1.78. The molecule has 0 saturated carbocycles. The Balaban J connectivity index is 2.31. The lowest BCUT2D eigenvalue weighted by atomic mass is 10.2. The maximum absolute atomic E-state index is 4.11. The van der Waals surface area contributed by atoms with Crippen LogP contribution in [0, 0.1) is 0 Å². The van der Waals surface area contributed by atoms with Crippen LogP contribution in [-0.4, -0.2) is 32.8 Å². The van der Waals surface area contributed by atoms with Gasteiger partial charge in [0.05, 0.1) is 7.05 Å². The fraction of sp³-hybridized carbons (Fsp3) is 0.875. The maximum atomic E-state index is 4.11. The molecule has 0 aromatic carbocycles. The van der Waals surface area contributed by atoms with Crippen LogP contribution in [0.5, 0.6) is 0 Å². The van der Waals surface area contributed by atoms with Gasteiger partial charge >= 0.3 is 0 Å². The van der Waals surface area contributed by atoms with E-state index >= 15 is 0 Å². The van der Waals surface area contributed by atoms with E-state index in [9.17, 15) is 0 Å². The van der Waals surface area contributed by atoms with Gasteiger partial charge in [0.25, 0.3) is 0 Å². The summed E-state index contributed by atoms with van der Waals surface area (Å²) in [5, 5.41) is 15.2. The molecule has 1 aromatic rings. The van der Waals surface area contributed by atoms with E-state index < -0.39 is 0 Å². The Labute approximate surface area is 78.5 Å². The highest BCUT2D eigenvalue weighted by atomic mass is 15.6. The fourth-order valence-corrected chi connectivity index (χ4v) is 1.14. The predicted octanol–water partition coefficient (Wildman–Crippen LogP) is 0.141. The maximum Gasteiger partial charge on any atom is 0.176 e. The number of aromatic nitrogens is 4. The summed E-state index contributed by atoms with van der Waals surface area (Å²) < 4.78 is 0. The van der Waals surface area contributed by atoms with Gasteiger partial charge in [0.2, 0.25) is 0 Å². The lowest BCUT2D eigenvalue weighted by Crippen LogP contribution is -2.29. The van der Waals surface area contributed by atoms with E-state index in [-0.39, 0.29) is 0 Å². The van der Waals surface area contributed by atoms with Crippen LogP contribution in [0.25, 0.3) is 0 Å². The summed E-state index contributed by atoms with van der Waals surface area (Å²) in [5.41, 5.74) is 0. The Bertz CT molecular complexity index is 244. The van der Waals surface area contributed by atoms with Gasteiger partial charge in [-0.3, -0.25) is 0 Å². The molecule has 1 atom stereocenters. The molecule has 0 aliphatic rings. The summed E-state index contributed by atoms with van der Waals surface area (Å²) in [4.78, 5) is 1.49. The lowest BCUT2D eigenvalue weighted by Gasteiger charge is -2.09. The normalized spacial score (nSPS) is 13.2. The zero-order chi connectivity index (χ0) is 9.68. The number of hydrogen-bond acceptors (Lipinski definition) is 4. The van der Waals surface area contributed by atoms with Crippen LogP contribution in [-0.2, 0) is 13.5 Å². The van der Waals surface area contributed by atoms with Crippen LogP contribution >= 0.6 is 0 Å². The van der Waals surface area contributed by atoms with Gasteiger partial charge in [-0.1, -0.05) is 6.92 Å². The van der Waals surface area contributed by atoms with Crippen LogP contribution in [0.1, 0.15) is 26.1 Å². The first-order valence-corrected chi connectivity index (χ1v) is 4.68. The Hall–Kier alpha value is -0.970. The number of hydrogen-bond donors (Lipinski definition) is 1. The molecule has 1 aromatic heterocycles. The summed E-state index contributed by atoms with van der Waals surface area (Å²) in [6, 6.07) is 0.421. The zero-order valence-electron chi connectivity index (χ0n) is 8.49. The number of tetrazole rings is 1. The smallest absolute Gasteiger partial charge is 0.176 e. The molecule has 0 aliphatic heterocycles. The Kier molecular flexibility index (Phi) is 3.82. The second-order valence-electron chi connectivity index (χ2n) is 3.25. The quantitative estimate of drug-likeness (QED) is 0.705. The van der Waals surface area contributed by atoms with E-state index in [4.69, 9.17) is 0 Å². The molecule has 0 amide bonds. The molecule has 0 fully saturated rings. The molecular weight excluding hydrogens is 166 g/mol.